The standard InChI is InChI=1S/C24H31FN4O2/c1-4-19-9-5-7-11-21(19)26-23(30)17-27(3)24(31)18(2)28-13-15-29(16-14-28)22-12-8-6-10-20(22)25/h5-12,18H,4,13-17H2,1-3H3,(H,26,30). The molecule has 31 heavy (non-hydrogen) atoms. The van der Waals surface area contributed by atoms with E-state index in [9.17, 15) is 14.0 Å². The van der Waals surface area contributed by atoms with E-state index >= 15 is 0 Å². The predicted molar refractivity (Wildman–Crippen MR) is 122 cm³/mol. The van der Waals surface area contributed by atoms with Gasteiger partial charge < -0.3 is 15.1 Å². The monoisotopic (exact) mass is 426 g/mol. The summed E-state index contributed by atoms with van der Waals surface area (Å²) in [5, 5.41) is 2.91. The molecule has 0 radical (unpaired) electrons. The molecule has 2 amide bonds. The van der Waals surface area contributed by atoms with Gasteiger partial charge in [-0.3, -0.25) is 14.5 Å². The van der Waals surface area contributed by atoms with E-state index in [1.807, 2.05) is 49.1 Å². The minimum atomic E-state index is -0.344. The van der Waals surface area contributed by atoms with E-state index in [0.29, 0.717) is 31.9 Å². The van der Waals surface area contributed by atoms with E-state index in [-0.39, 0.29) is 30.2 Å². The number of nitrogens with zero attached hydrogens (tertiary/aromatic N) is 3. The SMILES string of the molecule is CCc1ccccc1NC(=O)CN(C)C(=O)C(C)N1CCN(c2ccccc2F)CC1. The number of hydrogen-bond donors (Lipinski definition) is 1. The summed E-state index contributed by atoms with van der Waals surface area (Å²) in [6.07, 6.45) is 0.821. The quantitative estimate of drug-likeness (QED) is 0.740. The van der Waals surface area contributed by atoms with Gasteiger partial charge in [0.25, 0.3) is 0 Å². The van der Waals surface area contributed by atoms with Crippen LogP contribution >= 0.6 is 0 Å². The van der Waals surface area contributed by atoms with Crippen LogP contribution < -0.4 is 10.2 Å². The molecule has 6 nitrogen and oxygen atoms in total. The van der Waals surface area contributed by atoms with Crippen LogP contribution in [0.2, 0.25) is 0 Å². The molecule has 0 spiro atoms. The topological polar surface area (TPSA) is 55.9 Å². The van der Waals surface area contributed by atoms with Crippen LogP contribution in [0, 0.1) is 5.82 Å². The maximum atomic E-state index is 14.0. The van der Waals surface area contributed by atoms with Gasteiger partial charge in [0.15, 0.2) is 0 Å². The number of anilines is 2. The first kappa shape index (κ1) is 22.7. The molecule has 166 valence electrons. The zero-order valence-corrected chi connectivity index (χ0v) is 18.5. The molecule has 1 N–H and O–H groups in total. The van der Waals surface area contributed by atoms with Gasteiger partial charge in [0.05, 0.1) is 18.3 Å². The first-order valence-electron chi connectivity index (χ1n) is 10.8. The molecule has 0 bridgehead atoms. The van der Waals surface area contributed by atoms with Crippen LogP contribution in [0.3, 0.4) is 0 Å². The minimum absolute atomic E-state index is 0.00356. The van der Waals surface area contributed by atoms with Crippen LogP contribution in [0.1, 0.15) is 19.4 Å². The average molecular weight is 427 g/mol. The Morgan fingerprint density at radius 3 is 2.39 bits per heavy atom. The van der Waals surface area contributed by atoms with Crippen LogP contribution in [0.25, 0.3) is 0 Å². The Bertz CT molecular complexity index is 912. The lowest BCUT2D eigenvalue weighted by Gasteiger charge is -2.39. The van der Waals surface area contributed by atoms with Gasteiger partial charge in [0, 0.05) is 38.9 Å². The number of halogens is 1. The molecule has 1 saturated heterocycles. The maximum Gasteiger partial charge on any atom is 0.243 e. The number of amides is 2. The fraction of sp³-hybridized carbons (Fsp3) is 0.417. The summed E-state index contributed by atoms with van der Waals surface area (Å²) in [5.74, 6) is -0.540. The van der Waals surface area contributed by atoms with Crippen LogP contribution in [0.4, 0.5) is 15.8 Å². The van der Waals surface area contributed by atoms with E-state index < -0.39 is 0 Å². The van der Waals surface area contributed by atoms with Crippen LogP contribution in [0.15, 0.2) is 48.5 Å². The van der Waals surface area contributed by atoms with Gasteiger partial charge in [0.1, 0.15) is 5.82 Å². The van der Waals surface area contributed by atoms with E-state index in [0.717, 1.165) is 17.7 Å². The first-order chi connectivity index (χ1) is 14.9. The molecule has 2 aromatic rings. The van der Waals surface area contributed by atoms with Crippen LogP contribution in [-0.2, 0) is 16.0 Å². The molecule has 3 rings (SSSR count). The van der Waals surface area contributed by atoms with Gasteiger partial charge in [-0.2, -0.15) is 0 Å². The largest absolute Gasteiger partial charge is 0.367 e. The molecule has 1 fully saturated rings. The molecule has 1 unspecified atom stereocenters. The van der Waals surface area contributed by atoms with E-state index in [1.165, 1.54) is 11.0 Å². The summed E-state index contributed by atoms with van der Waals surface area (Å²) < 4.78 is 14.0. The fourth-order valence-electron chi connectivity index (χ4n) is 3.97. The zero-order valence-electron chi connectivity index (χ0n) is 18.5. The highest BCUT2D eigenvalue weighted by Gasteiger charge is 2.28. The molecular formula is C24H31FN4O2. The highest BCUT2D eigenvalue weighted by molar-refractivity contribution is 5.95. The van der Waals surface area contributed by atoms with Crippen molar-refractivity contribution >= 4 is 23.2 Å². The molecule has 0 saturated carbocycles. The van der Waals surface area contributed by atoms with Gasteiger partial charge in [-0.15, -0.1) is 0 Å². The van der Waals surface area contributed by atoms with Crippen LogP contribution in [-0.4, -0.2) is 67.4 Å². The highest BCUT2D eigenvalue weighted by Crippen LogP contribution is 2.21. The van der Waals surface area contributed by atoms with Crippen molar-refractivity contribution in [3.8, 4) is 0 Å². The predicted octanol–water partition coefficient (Wildman–Crippen LogP) is 3.00. The summed E-state index contributed by atoms with van der Waals surface area (Å²) >= 11 is 0. The molecular weight excluding hydrogens is 395 g/mol. The Hall–Kier alpha value is -2.93. The maximum absolute atomic E-state index is 14.0. The molecule has 1 atom stereocenters. The number of likely N-dealkylation sites (N-methyl/N-ethyl adjacent to an activating group) is 1. The molecule has 2 aromatic carbocycles. The molecule has 1 aliphatic heterocycles. The highest BCUT2D eigenvalue weighted by atomic mass is 19.1. The second-order valence-corrected chi connectivity index (χ2v) is 7.90. The Morgan fingerprint density at radius 2 is 1.71 bits per heavy atom. The number of hydrogen-bond acceptors (Lipinski definition) is 4. The van der Waals surface area contributed by atoms with Gasteiger partial charge in [-0.25, -0.2) is 4.39 Å². The zero-order chi connectivity index (χ0) is 22.4. The van der Waals surface area contributed by atoms with E-state index in [1.54, 1.807) is 19.2 Å². The first-order valence-corrected chi connectivity index (χ1v) is 10.8. The third-order valence-electron chi connectivity index (χ3n) is 5.84. The van der Waals surface area contributed by atoms with Crippen molar-refractivity contribution in [3.63, 3.8) is 0 Å². The van der Waals surface area contributed by atoms with Crippen molar-refractivity contribution in [3.05, 3.63) is 59.9 Å². The fourth-order valence-corrected chi connectivity index (χ4v) is 3.97. The third kappa shape index (κ3) is 5.61. The lowest BCUT2D eigenvalue weighted by atomic mass is 10.1. The van der Waals surface area contributed by atoms with Crippen molar-refractivity contribution in [1.29, 1.82) is 0 Å². The number of carbonyl (C=O) groups excluding carboxylic acids is 2. The lowest BCUT2D eigenvalue weighted by molar-refractivity contribution is -0.137. The summed E-state index contributed by atoms with van der Waals surface area (Å²) in [5.41, 5.74) is 2.45. The summed E-state index contributed by atoms with van der Waals surface area (Å²) in [4.78, 5) is 30.9. The van der Waals surface area contributed by atoms with Gasteiger partial charge in [0.2, 0.25) is 11.8 Å². The molecule has 1 aliphatic rings. The van der Waals surface area contributed by atoms with Crippen molar-refractivity contribution in [2.75, 3.05) is 50.0 Å². The second-order valence-electron chi connectivity index (χ2n) is 7.90. The Labute approximate surface area is 183 Å². The average Bonchev–Trinajstić information content (AvgIpc) is 2.78. The summed E-state index contributed by atoms with van der Waals surface area (Å²) in [6, 6.07) is 14.1. The molecule has 0 aliphatic carbocycles. The molecule has 1 heterocycles. The van der Waals surface area contributed by atoms with Crippen molar-refractivity contribution in [1.82, 2.24) is 9.80 Å². The number of aryl methyl sites for hydroxylation is 1. The third-order valence-corrected chi connectivity index (χ3v) is 5.84. The number of benzene rings is 2. The van der Waals surface area contributed by atoms with Crippen LogP contribution in [0.5, 0.6) is 0 Å². The van der Waals surface area contributed by atoms with Crippen molar-refractivity contribution in [2.45, 2.75) is 26.3 Å². The summed E-state index contributed by atoms with van der Waals surface area (Å²) in [7, 11) is 1.65. The smallest absolute Gasteiger partial charge is 0.243 e. The van der Waals surface area contributed by atoms with Gasteiger partial charge in [-0.1, -0.05) is 37.3 Å². The van der Waals surface area contributed by atoms with Gasteiger partial charge >= 0.3 is 0 Å². The second kappa shape index (κ2) is 10.4. The Morgan fingerprint density at radius 1 is 1.06 bits per heavy atom. The molecule has 7 heteroatoms. The Balaban J connectivity index is 1.51. The van der Waals surface area contributed by atoms with E-state index in [2.05, 4.69) is 10.2 Å². The number of rotatable bonds is 7. The summed E-state index contributed by atoms with van der Waals surface area (Å²) in [6.45, 7) is 6.51. The van der Waals surface area contributed by atoms with Crippen molar-refractivity contribution < 1.29 is 14.0 Å². The molecule has 0 aromatic heterocycles. The number of piperazine rings is 1. The number of nitrogens with one attached hydrogen (secondary N) is 1. The Kier molecular flexibility index (Phi) is 7.63. The van der Waals surface area contributed by atoms with Gasteiger partial charge in [-0.05, 0) is 37.1 Å². The minimum Gasteiger partial charge on any atom is -0.367 e. The lowest BCUT2D eigenvalue weighted by Crippen LogP contribution is -2.54. The number of para-hydroxylation sites is 2. The van der Waals surface area contributed by atoms with Crippen molar-refractivity contribution in [2.24, 2.45) is 0 Å². The number of carbonyl (C=O) groups is 2. The van der Waals surface area contributed by atoms with E-state index in [4.69, 9.17) is 0 Å². The normalized spacial score (nSPS) is 15.4.